The number of benzene rings is 1. The molecule has 0 spiro atoms. The van der Waals surface area contributed by atoms with Gasteiger partial charge in [0.1, 0.15) is 0 Å². The summed E-state index contributed by atoms with van der Waals surface area (Å²) in [6.07, 6.45) is 0. The van der Waals surface area contributed by atoms with Crippen LogP contribution in [0.1, 0.15) is 19.4 Å². The summed E-state index contributed by atoms with van der Waals surface area (Å²) in [6.45, 7) is 5.03. The van der Waals surface area contributed by atoms with Crippen molar-refractivity contribution in [3.05, 3.63) is 35.9 Å². The van der Waals surface area contributed by atoms with Gasteiger partial charge in [-0.3, -0.25) is 13.6 Å². The first-order valence-corrected chi connectivity index (χ1v) is 7.81. The summed E-state index contributed by atoms with van der Waals surface area (Å²) < 4.78 is 32.5. The van der Waals surface area contributed by atoms with Crippen LogP contribution in [-0.2, 0) is 29.5 Å². The number of hydrogen-bond acceptors (Lipinski definition) is 5. The molecule has 0 aromatic heterocycles. The van der Waals surface area contributed by atoms with Crippen LogP contribution in [0.15, 0.2) is 30.3 Å². The fourth-order valence-corrected chi connectivity index (χ4v) is 2.55. The van der Waals surface area contributed by atoms with E-state index in [1.165, 1.54) is 0 Å². The van der Waals surface area contributed by atoms with Gasteiger partial charge in [0.2, 0.25) is 0 Å². The summed E-state index contributed by atoms with van der Waals surface area (Å²) in [5, 5.41) is 0. The number of phosphoric ester groups is 1. The Balaban J connectivity index is 2.20. The van der Waals surface area contributed by atoms with E-state index in [-0.39, 0.29) is 19.8 Å². The van der Waals surface area contributed by atoms with Gasteiger partial charge in [0.25, 0.3) is 0 Å². The fourth-order valence-electron chi connectivity index (χ4n) is 1.40. The highest BCUT2D eigenvalue weighted by Gasteiger charge is 2.24. The maximum atomic E-state index is 11.9. The van der Waals surface area contributed by atoms with Gasteiger partial charge in [-0.2, -0.15) is 0 Å². The molecular formula is C13H21O5P. The number of hydrogen-bond donors (Lipinski definition) is 0. The van der Waals surface area contributed by atoms with Crippen molar-refractivity contribution in [2.45, 2.75) is 20.5 Å². The molecular weight excluding hydrogens is 267 g/mol. The largest absolute Gasteiger partial charge is 0.474 e. The van der Waals surface area contributed by atoms with Crippen LogP contribution in [0.2, 0.25) is 0 Å². The SMILES string of the molecule is CCOP(=O)(OCC)OCCOCc1ccccc1. The highest BCUT2D eigenvalue weighted by molar-refractivity contribution is 7.48. The second-order valence-corrected chi connectivity index (χ2v) is 5.32. The molecule has 0 heterocycles. The standard InChI is InChI=1S/C13H21O5P/c1-3-16-19(14,17-4-2)18-11-10-15-12-13-8-6-5-7-9-13/h5-9H,3-4,10-12H2,1-2H3. The normalized spacial score (nSPS) is 11.7. The maximum absolute atomic E-state index is 11.9. The van der Waals surface area contributed by atoms with Crippen LogP contribution in [0.4, 0.5) is 0 Å². The minimum absolute atomic E-state index is 0.171. The van der Waals surface area contributed by atoms with Crippen molar-refractivity contribution in [3.8, 4) is 0 Å². The van der Waals surface area contributed by atoms with E-state index in [9.17, 15) is 4.57 Å². The van der Waals surface area contributed by atoms with Crippen molar-refractivity contribution >= 4 is 7.82 Å². The van der Waals surface area contributed by atoms with Gasteiger partial charge in [0, 0.05) is 0 Å². The van der Waals surface area contributed by atoms with Gasteiger partial charge in [-0.05, 0) is 19.4 Å². The highest BCUT2D eigenvalue weighted by atomic mass is 31.2. The van der Waals surface area contributed by atoms with Gasteiger partial charge in [0.15, 0.2) is 0 Å². The van der Waals surface area contributed by atoms with Crippen molar-refractivity contribution < 1.29 is 22.9 Å². The average molecular weight is 288 g/mol. The van der Waals surface area contributed by atoms with Gasteiger partial charge in [-0.25, -0.2) is 4.57 Å². The van der Waals surface area contributed by atoms with E-state index in [4.69, 9.17) is 18.3 Å². The Morgan fingerprint density at radius 3 is 2.16 bits per heavy atom. The molecule has 0 atom stereocenters. The van der Waals surface area contributed by atoms with Gasteiger partial charge >= 0.3 is 7.82 Å². The number of rotatable bonds is 10. The lowest BCUT2D eigenvalue weighted by Gasteiger charge is -2.16. The molecule has 0 saturated heterocycles. The first-order valence-electron chi connectivity index (χ1n) is 6.35. The summed E-state index contributed by atoms with van der Waals surface area (Å²) in [5.41, 5.74) is 1.08. The van der Waals surface area contributed by atoms with E-state index in [2.05, 4.69) is 0 Å². The highest BCUT2D eigenvalue weighted by Crippen LogP contribution is 2.48. The molecule has 0 N–H and O–H groups in total. The summed E-state index contributed by atoms with van der Waals surface area (Å²) >= 11 is 0. The van der Waals surface area contributed by atoms with Crippen LogP contribution in [0.3, 0.4) is 0 Å². The van der Waals surface area contributed by atoms with Crippen molar-refractivity contribution in [1.82, 2.24) is 0 Å². The van der Waals surface area contributed by atoms with E-state index in [1.807, 2.05) is 30.3 Å². The lowest BCUT2D eigenvalue weighted by molar-refractivity contribution is 0.0608. The molecule has 19 heavy (non-hydrogen) atoms. The van der Waals surface area contributed by atoms with Gasteiger partial charge in [-0.1, -0.05) is 30.3 Å². The summed E-state index contributed by atoms with van der Waals surface area (Å²) in [6, 6.07) is 9.81. The molecule has 0 aliphatic rings. The minimum Gasteiger partial charge on any atom is -0.374 e. The Morgan fingerprint density at radius 2 is 1.58 bits per heavy atom. The van der Waals surface area contributed by atoms with Crippen LogP contribution >= 0.6 is 7.82 Å². The van der Waals surface area contributed by atoms with Crippen LogP contribution in [-0.4, -0.2) is 26.4 Å². The minimum atomic E-state index is -3.41. The molecule has 0 radical (unpaired) electrons. The van der Waals surface area contributed by atoms with E-state index in [1.54, 1.807) is 13.8 Å². The second-order valence-electron chi connectivity index (χ2n) is 3.65. The van der Waals surface area contributed by atoms with E-state index < -0.39 is 7.82 Å². The molecule has 0 bridgehead atoms. The topological polar surface area (TPSA) is 54.0 Å². The smallest absolute Gasteiger partial charge is 0.374 e. The summed E-state index contributed by atoms with van der Waals surface area (Å²) in [5.74, 6) is 0. The second kappa shape index (κ2) is 9.23. The lowest BCUT2D eigenvalue weighted by atomic mass is 10.2. The zero-order valence-electron chi connectivity index (χ0n) is 11.4. The van der Waals surface area contributed by atoms with E-state index >= 15 is 0 Å². The van der Waals surface area contributed by atoms with Gasteiger partial charge < -0.3 is 4.74 Å². The quantitative estimate of drug-likeness (QED) is 0.488. The molecule has 1 aromatic carbocycles. The number of phosphoric acid groups is 1. The Labute approximate surface area is 114 Å². The molecule has 0 amide bonds. The molecule has 0 unspecified atom stereocenters. The molecule has 108 valence electrons. The molecule has 0 aliphatic heterocycles. The third-order valence-electron chi connectivity index (χ3n) is 2.16. The molecule has 5 nitrogen and oxygen atoms in total. The third kappa shape index (κ3) is 6.85. The zero-order chi connectivity index (χ0) is 14.0. The maximum Gasteiger partial charge on any atom is 0.474 e. The van der Waals surface area contributed by atoms with Crippen LogP contribution in [0.5, 0.6) is 0 Å². The summed E-state index contributed by atoms with van der Waals surface area (Å²) in [7, 11) is -3.41. The molecule has 1 rings (SSSR count). The Morgan fingerprint density at radius 1 is 0.947 bits per heavy atom. The molecule has 0 fully saturated rings. The fraction of sp³-hybridized carbons (Fsp3) is 0.538. The van der Waals surface area contributed by atoms with Crippen molar-refractivity contribution in [2.24, 2.45) is 0 Å². The first-order chi connectivity index (χ1) is 9.20. The van der Waals surface area contributed by atoms with Crippen LogP contribution in [0.25, 0.3) is 0 Å². The third-order valence-corrected chi connectivity index (χ3v) is 3.81. The molecule has 0 aliphatic carbocycles. The van der Waals surface area contributed by atoms with E-state index in [0.717, 1.165) is 5.56 Å². The van der Waals surface area contributed by atoms with Crippen molar-refractivity contribution in [1.29, 1.82) is 0 Å². The summed E-state index contributed by atoms with van der Waals surface area (Å²) in [4.78, 5) is 0. The van der Waals surface area contributed by atoms with Crippen LogP contribution < -0.4 is 0 Å². The zero-order valence-corrected chi connectivity index (χ0v) is 12.3. The van der Waals surface area contributed by atoms with Gasteiger partial charge in [0.05, 0.1) is 33.0 Å². The van der Waals surface area contributed by atoms with Crippen molar-refractivity contribution in [2.75, 3.05) is 26.4 Å². The number of ether oxygens (including phenoxy) is 1. The first kappa shape index (κ1) is 16.3. The predicted molar refractivity (Wildman–Crippen MR) is 72.9 cm³/mol. The van der Waals surface area contributed by atoms with E-state index in [0.29, 0.717) is 13.2 Å². The Bertz CT molecular complexity index is 372. The molecule has 6 heteroatoms. The lowest BCUT2D eigenvalue weighted by Crippen LogP contribution is -2.06. The average Bonchev–Trinajstić information content (AvgIpc) is 2.40. The Hall–Kier alpha value is -0.710. The van der Waals surface area contributed by atoms with Crippen molar-refractivity contribution in [3.63, 3.8) is 0 Å². The molecule has 0 saturated carbocycles. The predicted octanol–water partition coefficient (Wildman–Crippen LogP) is 3.40. The van der Waals surface area contributed by atoms with Crippen LogP contribution in [0, 0.1) is 0 Å². The Kier molecular flexibility index (Phi) is 7.94. The molecule has 1 aromatic rings. The van der Waals surface area contributed by atoms with Gasteiger partial charge in [-0.15, -0.1) is 0 Å². The monoisotopic (exact) mass is 288 g/mol.